The number of nitro groups is 1. The Kier molecular flexibility index (Phi) is 5.64. The van der Waals surface area contributed by atoms with E-state index in [1.807, 2.05) is 0 Å². The van der Waals surface area contributed by atoms with Gasteiger partial charge in [-0.1, -0.05) is 19.1 Å². The number of halogens is 1. The van der Waals surface area contributed by atoms with Gasteiger partial charge in [0.25, 0.3) is 0 Å². The van der Waals surface area contributed by atoms with Crippen LogP contribution in [-0.2, 0) is 6.54 Å². The van der Waals surface area contributed by atoms with E-state index in [1.165, 1.54) is 12.1 Å². The predicted octanol–water partition coefficient (Wildman–Crippen LogP) is 2.56. The summed E-state index contributed by atoms with van der Waals surface area (Å²) in [6, 6.07) is 4.31. The van der Waals surface area contributed by atoms with Crippen molar-refractivity contribution in [2.24, 2.45) is 5.92 Å². The highest BCUT2D eigenvalue weighted by molar-refractivity contribution is 5.36. The molecule has 0 radical (unpaired) electrons. The summed E-state index contributed by atoms with van der Waals surface area (Å²) in [5, 5.41) is 13.9. The maximum Gasteiger partial charge on any atom is 0.305 e. The zero-order chi connectivity index (χ0) is 15.2. The standard InChI is InChI=1S/C15H22FN3O2/c1-2-18-8-6-12(7-9-18)10-17-11-13-4-3-5-14(15(13)16)19(20)21/h3-5,12,17H,2,6-11H2,1H3. The summed E-state index contributed by atoms with van der Waals surface area (Å²) in [6.07, 6.45) is 2.30. The minimum Gasteiger partial charge on any atom is -0.312 e. The molecular weight excluding hydrogens is 273 g/mol. The van der Waals surface area contributed by atoms with Crippen molar-refractivity contribution in [1.29, 1.82) is 0 Å². The molecule has 2 rings (SSSR count). The van der Waals surface area contributed by atoms with Gasteiger partial charge in [0.05, 0.1) is 4.92 Å². The number of rotatable bonds is 6. The lowest BCUT2D eigenvalue weighted by Gasteiger charge is -2.31. The van der Waals surface area contributed by atoms with Gasteiger partial charge in [-0.25, -0.2) is 0 Å². The first kappa shape index (κ1) is 15.9. The molecule has 0 amide bonds. The van der Waals surface area contributed by atoms with Gasteiger partial charge in [0, 0.05) is 18.2 Å². The smallest absolute Gasteiger partial charge is 0.305 e. The molecule has 1 saturated heterocycles. The van der Waals surface area contributed by atoms with Gasteiger partial charge >= 0.3 is 5.69 Å². The van der Waals surface area contributed by atoms with Crippen LogP contribution in [0.15, 0.2) is 18.2 Å². The molecule has 116 valence electrons. The quantitative estimate of drug-likeness (QED) is 0.647. The minimum absolute atomic E-state index is 0.335. The van der Waals surface area contributed by atoms with Crippen LogP contribution < -0.4 is 5.32 Å². The molecule has 21 heavy (non-hydrogen) atoms. The van der Waals surface area contributed by atoms with Crippen molar-refractivity contribution in [3.05, 3.63) is 39.7 Å². The van der Waals surface area contributed by atoms with Crippen molar-refractivity contribution in [1.82, 2.24) is 10.2 Å². The van der Waals surface area contributed by atoms with Crippen LogP contribution in [0.1, 0.15) is 25.3 Å². The average Bonchev–Trinajstić information content (AvgIpc) is 2.49. The van der Waals surface area contributed by atoms with E-state index in [1.54, 1.807) is 6.07 Å². The van der Waals surface area contributed by atoms with Crippen molar-refractivity contribution >= 4 is 5.69 Å². The zero-order valence-corrected chi connectivity index (χ0v) is 12.3. The number of likely N-dealkylation sites (tertiary alicyclic amines) is 1. The lowest BCUT2D eigenvalue weighted by Crippen LogP contribution is -2.37. The van der Waals surface area contributed by atoms with Crippen LogP contribution in [0.25, 0.3) is 0 Å². The molecule has 0 aliphatic carbocycles. The molecule has 1 heterocycles. The predicted molar refractivity (Wildman–Crippen MR) is 79.6 cm³/mol. The maximum atomic E-state index is 13.9. The largest absolute Gasteiger partial charge is 0.312 e. The highest BCUT2D eigenvalue weighted by Gasteiger charge is 2.19. The van der Waals surface area contributed by atoms with Crippen LogP contribution in [0, 0.1) is 21.8 Å². The number of nitrogens with one attached hydrogen (secondary N) is 1. The Morgan fingerprint density at radius 3 is 2.76 bits per heavy atom. The molecular formula is C15H22FN3O2. The van der Waals surface area contributed by atoms with Gasteiger partial charge in [0.15, 0.2) is 0 Å². The lowest BCUT2D eigenvalue weighted by molar-refractivity contribution is -0.387. The third-order valence-electron chi connectivity index (χ3n) is 4.16. The third-order valence-corrected chi connectivity index (χ3v) is 4.16. The van der Waals surface area contributed by atoms with E-state index < -0.39 is 16.4 Å². The first-order chi connectivity index (χ1) is 10.1. The van der Waals surface area contributed by atoms with Crippen molar-refractivity contribution in [3.8, 4) is 0 Å². The van der Waals surface area contributed by atoms with Crippen LogP contribution in [0.3, 0.4) is 0 Å². The summed E-state index contributed by atoms with van der Waals surface area (Å²) in [4.78, 5) is 12.4. The Bertz CT molecular complexity index is 488. The number of hydrogen-bond donors (Lipinski definition) is 1. The van der Waals surface area contributed by atoms with Crippen LogP contribution in [0.4, 0.5) is 10.1 Å². The van der Waals surface area contributed by atoms with Gasteiger partial charge in [-0.15, -0.1) is 0 Å². The third kappa shape index (κ3) is 4.22. The number of nitro benzene ring substituents is 1. The van der Waals surface area contributed by atoms with Crippen molar-refractivity contribution < 1.29 is 9.31 Å². The van der Waals surface area contributed by atoms with Gasteiger partial charge in [-0.05, 0) is 44.9 Å². The Labute approximate surface area is 124 Å². The Morgan fingerprint density at radius 1 is 1.43 bits per heavy atom. The fourth-order valence-electron chi connectivity index (χ4n) is 2.76. The van der Waals surface area contributed by atoms with Gasteiger partial charge in [0.2, 0.25) is 5.82 Å². The highest BCUT2D eigenvalue weighted by atomic mass is 19.1. The first-order valence-corrected chi connectivity index (χ1v) is 7.46. The summed E-state index contributed by atoms with van der Waals surface area (Å²) in [5.74, 6) is -0.120. The number of nitrogens with zero attached hydrogens (tertiary/aromatic N) is 2. The molecule has 6 heteroatoms. The number of piperidine rings is 1. The van der Waals surface area contributed by atoms with Gasteiger partial charge in [-0.3, -0.25) is 10.1 Å². The van der Waals surface area contributed by atoms with Crippen LogP contribution >= 0.6 is 0 Å². The van der Waals surface area contributed by atoms with Gasteiger partial charge in [0.1, 0.15) is 0 Å². The number of benzene rings is 1. The minimum atomic E-state index is -0.726. The molecule has 1 N–H and O–H groups in total. The van der Waals surface area contributed by atoms with Crippen LogP contribution in [-0.4, -0.2) is 36.0 Å². The van der Waals surface area contributed by atoms with E-state index in [0.29, 0.717) is 18.0 Å². The molecule has 0 aromatic heterocycles. The van der Waals surface area contributed by atoms with Crippen molar-refractivity contribution in [2.75, 3.05) is 26.2 Å². The maximum absolute atomic E-state index is 13.9. The normalized spacial score (nSPS) is 17.0. The second kappa shape index (κ2) is 7.47. The topological polar surface area (TPSA) is 58.4 Å². The fourth-order valence-corrected chi connectivity index (χ4v) is 2.76. The van der Waals surface area contributed by atoms with E-state index in [-0.39, 0.29) is 0 Å². The lowest BCUT2D eigenvalue weighted by atomic mass is 9.97. The van der Waals surface area contributed by atoms with Crippen molar-refractivity contribution in [3.63, 3.8) is 0 Å². The van der Waals surface area contributed by atoms with Gasteiger partial charge < -0.3 is 10.2 Å². The zero-order valence-electron chi connectivity index (χ0n) is 12.3. The second-order valence-corrected chi connectivity index (χ2v) is 5.52. The molecule has 0 spiro atoms. The fraction of sp³-hybridized carbons (Fsp3) is 0.600. The molecule has 0 bridgehead atoms. The Hall–Kier alpha value is -1.53. The molecule has 1 aliphatic rings. The summed E-state index contributed by atoms with van der Waals surface area (Å²) >= 11 is 0. The highest BCUT2D eigenvalue weighted by Crippen LogP contribution is 2.20. The summed E-state index contributed by atoms with van der Waals surface area (Å²) in [6.45, 7) is 6.67. The molecule has 0 saturated carbocycles. The summed E-state index contributed by atoms with van der Waals surface area (Å²) < 4.78 is 13.9. The first-order valence-electron chi connectivity index (χ1n) is 7.46. The van der Waals surface area contributed by atoms with Crippen LogP contribution in [0.2, 0.25) is 0 Å². The molecule has 1 fully saturated rings. The van der Waals surface area contributed by atoms with Crippen LogP contribution in [0.5, 0.6) is 0 Å². The second-order valence-electron chi connectivity index (χ2n) is 5.52. The molecule has 0 atom stereocenters. The monoisotopic (exact) mass is 295 g/mol. The average molecular weight is 295 g/mol. The Morgan fingerprint density at radius 2 is 2.14 bits per heavy atom. The van der Waals surface area contributed by atoms with E-state index >= 15 is 0 Å². The molecule has 1 aromatic carbocycles. The molecule has 5 nitrogen and oxygen atoms in total. The SMILES string of the molecule is CCN1CCC(CNCc2cccc([N+](=O)[O-])c2F)CC1. The molecule has 1 aromatic rings. The van der Waals surface area contributed by atoms with E-state index in [0.717, 1.165) is 39.0 Å². The van der Waals surface area contributed by atoms with E-state index in [9.17, 15) is 14.5 Å². The van der Waals surface area contributed by atoms with E-state index in [2.05, 4.69) is 17.1 Å². The van der Waals surface area contributed by atoms with Gasteiger partial charge in [-0.2, -0.15) is 4.39 Å². The molecule has 1 aliphatic heterocycles. The number of hydrogen-bond acceptors (Lipinski definition) is 4. The summed E-state index contributed by atoms with van der Waals surface area (Å²) in [7, 11) is 0. The summed E-state index contributed by atoms with van der Waals surface area (Å²) in [5.41, 5.74) is -0.0965. The molecule has 0 unspecified atom stereocenters. The van der Waals surface area contributed by atoms with Crippen molar-refractivity contribution in [2.45, 2.75) is 26.3 Å². The van der Waals surface area contributed by atoms with E-state index in [4.69, 9.17) is 0 Å². The Balaban J connectivity index is 1.82.